The van der Waals surface area contributed by atoms with Gasteiger partial charge in [0.2, 0.25) is 11.8 Å². The second kappa shape index (κ2) is 8.60. The smallest absolute Gasteiger partial charge is 0.326 e. The average molecular weight is 428 g/mol. The summed E-state index contributed by atoms with van der Waals surface area (Å²) in [4.78, 5) is 13.7. The summed E-state index contributed by atoms with van der Waals surface area (Å²) in [6.45, 7) is 3.91. The van der Waals surface area contributed by atoms with Crippen LogP contribution in [-0.4, -0.2) is 22.4 Å². The summed E-state index contributed by atoms with van der Waals surface area (Å²) in [5.74, 6) is -0.412. The van der Waals surface area contributed by atoms with Gasteiger partial charge in [0.15, 0.2) is 5.41 Å². The van der Waals surface area contributed by atoms with Crippen LogP contribution in [-0.2, 0) is 21.4 Å². The Kier molecular flexibility index (Phi) is 5.69. The van der Waals surface area contributed by atoms with Gasteiger partial charge in [-0.3, -0.25) is 4.79 Å². The molecule has 1 atom stereocenters. The van der Waals surface area contributed by atoms with Crippen molar-refractivity contribution >= 4 is 5.97 Å². The van der Waals surface area contributed by atoms with Gasteiger partial charge in [0.1, 0.15) is 11.6 Å². The quantitative estimate of drug-likeness (QED) is 0.600. The molecule has 0 amide bonds. The van der Waals surface area contributed by atoms with Crippen molar-refractivity contribution in [2.75, 3.05) is 6.61 Å². The van der Waals surface area contributed by atoms with E-state index in [9.17, 15) is 10.1 Å². The molecular weight excluding hydrogens is 404 g/mol. The lowest BCUT2D eigenvalue weighted by Crippen LogP contribution is -2.45. The lowest BCUT2D eigenvalue weighted by Gasteiger charge is -2.35. The summed E-state index contributed by atoms with van der Waals surface area (Å²) in [5, 5.41) is 15.0. The van der Waals surface area contributed by atoms with Crippen molar-refractivity contribution in [3.05, 3.63) is 88.9 Å². The monoisotopic (exact) mass is 428 g/mol. The molecule has 1 aromatic heterocycles. The van der Waals surface area contributed by atoms with E-state index in [1.165, 1.54) is 0 Å². The first-order valence-electron chi connectivity index (χ1n) is 10.6. The van der Waals surface area contributed by atoms with Crippen LogP contribution in [0.2, 0.25) is 0 Å². The number of rotatable bonds is 6. The molecule has 0 fully saturated rings. The van der Waals surface area contributed by atoms with E-state index < -0.39 is 11.4 Å². The Hall–Kier alpha value is -4.05. The largest absolute Gasteiger partial charge is 0.465 e. The predicted octanol–water partition coefficient (Wildman–Crippen LogP) is 3.76. The molecule has 0 saturated carbocycles. The molecule has 0 aliphatic carbocycles. The van der Waals surface area contributed by atoms with Gasteiger partial charge in [0.25, 0.3) is 0 Å². The molecular formula is C25H24N4O3. The number of para-hydroxylation sites is 1. The van der Waals surface area contributed by atoms with E-state index in [4.69, 9.17) is 20.3 Å². The van der Waals surface area contributed by atoms with Crippen LogP contribution in [0, 0.1) is 11.3 Å². The summed E-state index contributed by atoms with van der Waals surface area (Å²) in [6, 6.07) is 20.7. The molecule has 3 aromatic rings. The van der Waals surface area contributed by atoms with Gasteiger partial charge in [-0.1, -0.05) is 61.9 Å². The van der Waals surface area contributed by atoms with E-state index in [0.29, 0.717) is 29.1 Å². The Balaban J connectivity index is 2.15. The van der Waals surface area contributed by atoms with E-state index in [1.807, 2.05) is 55.5 Å². The Morgan fingerprint density at radius 2 is 1.81 bits per heavy atom. The number of hydrogen-bond acceptors (Lipinski definition) is 6. The third-order valence-corrected chi connectivity index (χ3v) is 5.51. The third kappa shape index (κ3) is 3.12. The number of hydrogen-bond donors (Lipinski definition) is 1. The molecule has 0 radical (unpaired) electrons. The van der Waals surface area contributed by atoms with Crippen molar-refractivity contribution in [3.63, 3.8) is 0 Å². The van der Waals surface area contributed by atoms with Crippen LogP contribution < -0.4 is 10.5 Å². The highest BCUT2D eigenvalue weighted by molar-refractivity contribution is 5.95. The van der Waals surface area contributed by atoms with Crippen LogP contribution in [0.5, 0.6) is 5.88 Å². The minimum absolute atomic E-state index is 0.000357. The van der Waals surface area contributed by atoms with Crippen molar-refractivity contribution in [2.24, 2.45) is 5.73 Å². The van der Waals surface area contributed by atoms with Crippen LogP contribution in [0.4, 0.5) is 0 Å². The Morgan fingerprint density at radius 3 is 2.41 bits per heavy atom. The van der Waals surface area contributed by atoms with Crippen LogP contribution in [0.1, 0.15) is 37.1 Å². The number of carbonyl (C=O) groups excluding carboxylic acids is 1. The van der Waals surface area contributed by atoms with Crippen LogP contribution in [0.15, 0.2) is 72.1 Å². The SMILES string of the molecule is CCCc1nn(-c2ccccc2)c2c1C(C(=O)OCC)(c1ccccc1)C(C#N)=C(N)O2. The number of esters is 1. The van der Waals surface area contributed by atoms with Crippen molar-refractivity contribution in [2.45, 2.75) is 32.1 Å². The number of aryl methyl sites for hydroxylation is 1. The first-order chi connectivity index (χ1) is 15.6. The van der Waals surface area contributed by atoms with Gasteiger partial charge >= 0.3 is 5.97 Å². The third-order valence-electron chi connectivity index (χ3n) is 5.51. The molecule has 2 heterocycles. The van der Waals surface area contributed by atoms with Crippen molar-refractivity contribution in [1.82, 2.24) is 9.78 Å². The number of nitriles is 1. The second-order valence-electron chi connectivity index (χ2n) is 7.41. The first kappa shape index (κ1) is 21.2. The molecule has 1 unspecified atom stereocenters. The van der Waals surface area contributed by atoms with Crippen molar-refractivity contribution in [3.8, 4) is 17.6 Å². The average Bonchev–Trinajstić information content (AvgIpc) is 3.17. The van der Waals surface area contributed by atoms with E-state index in [-0.39, 0.29) is 18.1 Å². The Bertz CT molecular complexity index is 1210. The van der Waals surface area contributed by atoms with Crippen LogP contribution >= 0.6 is 0 Å². The van der Waals surface area contributed by atoms with Crippen molar-refractivity contribution in [1.29, 1.82) is 5.26 Å². The predicted molar refractivity (Wildman–Crippen MR) is 119 cm³/mol. The second-order valence-corrected chi connectivity index (χ2v) is 7.41. The van der Waals surface area contributed by atoms with E-state index in [2.05, 4.69) is 6.07 Å². The zero-order valence-electron chi connectivity index (χ0n) is 18.0. The zero-order valence-corrected chi connectivity index (χ0v) is 18.0. The minimum atomic E-state index is -1.58. The molecule has 4 rings (SSSR count). The zero-order chi connectivity index (χ0) is 22.7. The highest BCUT2D eigenvalue weighted by Gasteiger charge is 2.56. The maximum absolute atomic E-state index is 13.7. The maximum atomic E-state index is 13.7. The molecule has 32 heavy (non-hydrogen) atoms. The molecule has 0 saturated heterocycles. The molecule has 1 aliphatic rings. The minimum Gasteiger partial charge on any atom is -0.465 e. The number of ether oxygens (including phenoxy) is 2. The fourth-order valence-electron chi connectivity index (χ4n) is 4.21. The van der Waals surface area contributed by atoms with Gasteiger partial charge in [-0.05, 0) is 31.0 Å². The van der Waals surface area contributed by atoms with Crippen molar-refractivity contribution < 1.29 is 14.3 Å². The van der Waals surface area contributed by atoms with Gasteiger partial charge in [0, 0.05) is 0 Å². The van der Waals surface area contributed by atoms with E-state index in [0.717, 1.165) is 12.1 Å². The Morgan fingerprint density at radius 1 is 1.16 bits per heavy atom. The lowest BCUT2D eigenvalue weighted by atomic mass is 9.68. The number of benzene rings is 2. The number of fused-ring (bicyclic) bond motifs is 1. The van der Waals surface area contributed by atoms with Gasteiger partial charge in [-0.2, -0.15) is 10.4 Å². The summed E-state index contributed by atoms with van der Waals surface area (Å²) >= 11 is 0. The summed E-state index contributed by atoms with van der Waals surface area (Å²) in [6.07, 6.45) is 1.37. The number of carbonyl (C=O) groups is 1. The van der Waals surface area contributed by atoms with Gasteiger partial charge < -0.3 is 15.2 Å². The number of nitrogens with two attached hydrogens (primary N) is 1. The number of aromatic nitrogens is 2. The van der Waals surface area contributed by atoms with E-state index >= 15 is 0 Å². The van der Waals surface area contributed by atoms with Gasteiger partial charge in [-0.15, -0.1) is 0 Å². The van der Waals surface area contributed by atoms with Crippen LogP contribution in [0.25, 0.3) is 5.69 Å². The summed E-state index contributed by atoms with van der Waals surface area (Å²) in [7, 11) is 0. The fourth-order valence-corrected chi connectivity index (χ4v) is 4.21. The topological polar surface area (TPSA) is 103 Å². The highest BCUT2D eigenvalue weighted by Crippen LogP contribution is 2.50. The van der Waals surface area contributed by atoms with Gasteiger partial charge in [-0.25, -0.2) is 4.68 Å². The molecule has 2 N–H and O–H groups in total. The molecule has 0 bridgehead atoms. The van der Waals surface area contributed by atoms with Gasteiger partial charge in [0.05, 0.1) is 23.6 Å². The molecule has 7 heteroatoms. The maximum Gasteiger partial charge on any atom is 0.326 e. The first-order valence-corrected chi connectivity index (χ1v) is 10.6. The van der Waals surface area contributed by atoms with E-state index in [1.54, 1.807) is 23.7 Å². The Labute approximate surface area is 186 Å². The highest BCUT2D eigenvalue weighted by atomic mass is 16.5. The standard InChI is InChI=1S/C25H24N4O3/c1-3-11-20-21-23(29(28-20)18-14-9-6-10-15-18)32-22(27)19(16-26)25(21,24(30)31-4-2)17-12-7-5-8-13-17/h5-10,12-15H,3-4,11,27H2,1-2H3. The molecule has 0 spiro atoms. The summed E-state index contributed by atoms with van der Waals surface area (Å²) < 4.78 is 13.2. The van der Waals surface area contributed by atoms with Crippen LogP contribution in [0.3, 0.4) is 0 Å². The molecule has 2 aromatic carbocycles. The summed E-state index contributed by atoms with van der Waals surface area (Å²) in [5.41, 5.74) is 7.17. The fraction of sp³-hybridized carbons (Fsp3) is 0.240. The molecule has 7 nitrogen and oxygen atoms in total. The normalized spacial score (nSPS) is 17.3. The number of nitrogens with zero attached hydrogens (tertiary/aromatic N) is 3. The molecule has 162 valence electrons. The lowest BCUT2D eigenvalue weighted by molar-refractivity contribution is -0.147. The molecule has 1 aliphatic heterocycles.